The molecule has 6 heteroatoms. The van der Waals surface area contributed by atoms with Gasteiger partial charge in [0.1, 0.15) is 11.9 Å². The molecule has 1 N–H and O–H groups in total. The maximum Gasteiger partial charge on any atom is 0.309 e. The van der Waals surface area contributed by atoms with E-state index in [2.05, 4.69) is 13.8 Å². The van der Waals surface area contributed by atoms with Crippen molar-refractivity contribution in [3.8, 4) is 22.6 Å². The van der Waals surface area contributed by atoms with Gasteiger partial charge >= 0.3 is 5.97 Å². The van der Waals surface area contributed by atoms with E-state index < -0.39 is 18.2 Å². The molecular weight excluding hydrogens is 387 g/mol. The highest BCUT2D eigenvalue weighted by Crippen LogP contribution is 2.45. The molecule has 3 rings (SSSR count). The molecule has 0 aromatic heterocycles. The van der Waals surface area contributed by atoms with E-state index in [1.165, 1.54) is 12.1 Å². The number of carbonyl (C=O) groups is 1. The molecule has 2 atom stereocenters. The number of hydrogen-bond donors (Lipinski definition) is 1. The quantitative estimate of drug-likeness (QED) is 0.694. The van der Waals surface area contributed by atoms with E-state index in [-0.39, 0.29) is 18.2 Å². The fourth-order valence-electron chi connectivity index (χ4n) is 3.72. The van der Waals surface area contributed by atoms with Gasteiger partial charge in [0.15, 0.2) is 11.5 Å². The smallest absolute Gasteiger partial charge is 0.309 e. The fourth-order valence-corrected chi connectivity index (χ4v) is 3.72. The molecule has 0 bridgehead atoms. The third-order valence-electron chi connectivity index (χ3n) is 5.16. The van der Waals surface area contributed by atoms with Gasteiger partial charge in [0.2, 0.25) is 0 Å². The van der Waals surface area contributed by atoms with Crippen LogP contribution in [0.25, 0.3) is 17.2 Å². The Morgan fingerprint density at radius 1 is 1.20 bits per heavy atom. The maximum atomic E-state index is 13.6. The summed E-state index contributed by atoms with van der Waals surface area (Å²) in [4.78, 5) is 11.7. The molecule has 1 fully saturated rings. The highest BCUT2D eigenvalue weighted by Gasteiger charge is 2.26. The normalized spacial score (nSPS) is 19.2. The number of hydrogen-bond acceptors (Lipinski definition) is 5. The monoisotopic (exact) mass is 414 g/mol. The lowest BCUT2D eigenvalue weighted by Crippen LogP contribution is -2.31. The zero-order valence-electron chi connectivity index (χ0n) is 17.6. The summed E-state index contributed by atoms with van der Waals surface area (Å²) in [5, 5.41) is 9.89. The van der Waals surface area contributed by atoms with E-state index in [1.807, 2.05) is 12.1 Å². The minimum absolute atomic E-state index is 0.0127. The number of aliphatic hydroxyl groups is 1. The first-order valence-electron chi connectivity index (χ1n) is 9.94. The summed E-state index contributed by atoms with van der Waals surface area (Å²) in [5.74, 6) is 0.526. The molecule has 0 radical (unpaired) electrons. The number of esters is 1. The van der Waals surface area contributed by atoms with Crippen LogP contribution < -0.4 is 9.47 Å². The van der Waals surface area contributed by atoms with Crippen molar-refractivity contribution in [1.29, 1.82) is 0 Å². The number of carbonyl (C=O) groups excluding carboxylic acids is 1. The second kappa shape index (κ2) is 9.30. The van der Waals surface area contributed by atoms with Crippen LogP contribution in [0.4, 0.5) is 4.39 Å². The summed E-state index contributed by atoms with van der Waals surface area (Å²) in [5.41, 5.74) is 3.41. The summed E-state index contributed by atoms with van der Waals surface area (Å²) < 4.78 is 30.2. The summed E-state index contributed by atoms with van der Waals surface area (Å²) in [6.45, 7) is 4.13. The molecule has 0 aliphatic carbocycles. The van der Waals surface area contributed by atoms with E-state index in [9.17, 15) is 14.3 Å². The average Bonchev–Trinajstić information content (AvgIpc) is 2.70. The third kappa shape index (κ3) is 4.65. The van der Waals surface area contributed by atoms with Gasteiger partial charge in [0, 0.05) is 12.0 Å². The van der Waals surface area contributed by atoms with Gasteiger partial charge in [-0.3, -0.25) is 4.79 Å². The van der Waals surface area contributed by atoms with Gasteiger partial charge in [0.25, 0.3) is 0 Å². The number of halogens is 1. The molecule has 160 valence electrons. The SMILES string of the molecule is COc1cc(C(C)C)c(/C=C/[C@@H]2C[C@@H](O)CC(=O)O2)c(-c2ccc(F)cc2)c1OC. The topological polar surface area (TPSA) is 65.0 Å². The molecule has 1 aliphatic heterocycles. The second-order valence-corrected chi connectivity index (χ2v) is 7.63. The first-order valence-corrected chi connectivity index (χ1v) is 9.94. The molecule has 30 heavy (non-hydrogen) atoms. The number of aliphatic hydroxyl groups excluding tert-OH is 1. The molecule has 1 aliphatic rings. The molecule has 0 amide bonds. The largest absolute Gasteiger partial charge is 0.493 e. The van der Waals surface area contributed by atoms with Crippen LogP contribution >= 0.6 is 0 Å². The number of rotatable bonds is 6. The molecular formula is C24H27FO5. The van der Waals surface area contributed by atoms with Crippen molar-refractivity contribution in [3.05, 3.63) is 53.4 Å². The zero-order valence-corrected chi connectivity index (χ0v) is 17.6. The molecule has 0 unspecified atom stereocenters. The van der Waals surface area contributed by atoms with E-state index in [0.29, 0.717) is 17.9 Å². The van der Waals surface area contributed by atoms with Gasteiger partial charge < -0.3 is 19.3 Å². The minimum Gasteiger partial charge on any atom is -0.493 e. The van der Waals surface area contributed by atoms with Crippen LogP contribution in [0.15, 0.2) is 36.4 Å². The predicted molar refractivity (Wildman–Crippen MR) is 113 cm³/mol. The van der Waals surface area contributed by atoms with E-state index in [1.54, 1.807) is 32.4 Å². The Hall–Kier alpha value is -2.86. The Labute approximate surface area is 176 Å². The summed E-state index contributed by atoms with van der Waals surface area (Å²) >= 11 is 0. The van der Waals surface area contributed by atoms with Crippen molar-refractivity contribution in [3.63, 3.8) is 0 Å². The van der Waals surface area contributed by atoms with E-state index in [4.69, 9.17) is 14.2 Å². The summed E-state index contributed by atoms with van der Waals surface area (Å²) in [6, 6.07) is 8.11. The van der Waals surface area contributed by atoms with Crippen molar-refractivity contribution in [1.82, 2.24) is 0 Å². The van der Waals surface area contributed by atoms with Crippen LogP contribution in [0, 0.1) is 5.82 Å². The maximum absolute atomic E-state index is 13.6. The molecule has 5 nitrogen and oxygen atoms in total. The zero-order chi connectivity index (χ0) is 21.8. The molecule has 0 saturated carbocycles. The third-order valence-corrected chi connectivity index (χ3v) is 5.16. The first kappa shape index (κ1) is 21.8. The van der Waals surface area contributed by atoms with Crippen LogP contribution in [0.2, 0.25) is 0 Å². The first-order chi connectivity index (χ1) is 14.3. The van der Waals surface area contributed by atoms with Crippen LogP contribution in [-0.2, 0) is 9.53 Å². The number of benzene rings is 2. The number of ether oxygens (including phenoxy) is 3. The van der Waals surface area contributed by atoms with Gasteiger partial charge in [-0.1, -0.05) is 32.1 Å². The van der Waals surface area contributed by atoms with Crippen LogP contribution in [0.3, 0.4) is 0 Å². The molecule has 2 aromatic carbocycles. The Morgan fingerprint density at radius 3 is 2.47 bits per heavy atom. The molecule has 1 saturated heterocycles. The van der Waals surface area contributed by atoms with Gasteiger partial charge in [-0.2, -0.15) is 0 Å². The lowest BCUT2D eigenvalue weighted by Gasteiger charge is -2.24. The molecule has 0 spiro atoms. The van der Waals surface area contributed by atoms with Gasteiger partial charge in [-0.25, -0.2) is 4.39 Å². The van der Waals surface area contributed by atoms with Crippen molar-refractivity contribution in [2.24, 2.45) is 0 Å². The molecule has 2 aromatic rings. The number of cyclic esters (lactones) is 1. The van der Waals surface area contributed by atoms with Crippen LogP contribution in [0.5, 0.6) is 11.5 Å². The highest BCUT2D eigenvalue weighted by atomic mass is 19.1. The van der Waals surface area contributed by atoms with Crippen LogP contribution in [0.1, 0.15) is 43.7 Å². The van der Waals surface area contributed by atoms with Crippen LogP contribution in [-0.4, -0.2) is 37.5 Å². The minimum atomic E-state index is -0.715. The second-order valence-electron chi connectivity index (χ2n) is 7.63. The van der Waals surface area contributed by atoms with Crippen molar-refractivity contribution in [2.45, 2.75) is 44.8 Å². The Morgan fingerprint density at radius 2 is 1.90 bits per heavy atom. The fraction of sp³-hybridized carbons (Fsp3) is 0.375. The van der Waals surface area contributed by atoms with Crippen molar-refractivity contribution < 1.29 is 28.5 Å². The average molecular weight is 414 g/mol. The highest BCUT2D eigenvalue weighted by molar-refractivity contribution is 5.85. The lowest BCUT2D eigenvalue weighted by molar-refractivity contribution is -0.156. The Bertz CT molecular complexity index is 934. The summed E-state index contributed by atoms with van der Waals surface area (Å²) in [6.07, 6.45) is 2.78. The number of methoxy groups -OCH3 is 2. The van der Waals surface area contributed by atoms with Gasteiger partial charge in [-0.15, -0.1) is 0 Å². The van der Waals surface area contributed by atoms with Gasteiger partial charge in [0.05, 0.1) is 26.7 Å². The van der Waals surface area contributed by atoms with E-state index >= 15 is 0 Å². The summed E-state index contributed by atoms with van der Waals surface area (Å²) in [7, 11) is 3.14. The van der Waals surface area contributed by atoms with Crippen molar-refractivity contribution >= 4 is 12.0 Å². The standard InChI is InChI=1S/C24H27FO5/c1-14(2)20-13-21(28-3)24(29-4)23(15-5-7-16(25)8-6-15)19(20)10-9-18-11-17(26)12-22(27)30-18/h5-10,13-14,17-18,26H,11-12H2,1-4H3/b10-9+/t17-,18-/m1/s1. The Kier molecular flexibility index (Phi) is 6.77. The molecule has 1 heterocycles. The van der Waals surface area contributed by atoms with Gasteiger partial charge in [-0.05, 0) is 46.9 Å². The lowest BCUT2D eigenvalue weighted by atomic mass is 9.88. The van der Waals surface area contributed by atoms with Crippen molar-refractivity contribution in [2.75, 3.05) is 14.2 Å². The Balaban J connectivity index is 2.19. The predicted octanol–water partition coefficient (Wildman–Crippen LogP) is 4.71. The van der Waals surface area contributed by atoms with E-state index in [0.717, 1.165) is 22.3 Å².